The summed E-state index contributed by atoms with van der Waals surface area (Å²) in [6.07, 6.45) is 7.77. The lowest BCUT2D eigenvalue weighted by Crippen LogP contribution is -2.47. The number of rotatable bonds is 12. The zero-order chi connectivity index (χ0) is 13.8. The van der Waals surface area contributed by atoms with Crippen molar-refractivity contribution in [1.82, 2.24) is 5.32 Å². The van der Waals surface area contributed by atoms with E-state index in [2.05, 4.69) is 12.2 Å². The lowest BCUT2D eigenvalue weighted by molar-refractivity contribution is 0.0135. The van der Waals surface area contributed by atoms with E-state index in [1.165, 1.54) is 32.1 Å². The van der Waals surface area contributed by atoms with Gasteiger partial charge in [0.15, 0.2) is 0 Å². The fraction of sp³-hybridized carbons (Fsp3) is 1.00. The van der Waals surface area contributed by atoms with Crippen LogP contribution in [0.2, 0.25) is 0 Å². The molecule has 0 radical (unpaired) electrons. The Bertz CT molecular complexity index is 176. The first kappa shape index (κ1) is 17.8. The third kappa shape index (κ3) is 8.86. The first-order valence-electron chi connectivity index (χ1n) is 7.23. The summed E-state index contributed by atoms with van der Waals surface area (Å²) in [6, 6.07) is -0.189. The quantitative estimate of drug-likeness (QED) is 0.372. The maximum Gasteiger partial charge on any atom is 0.102 e. The van der Waals surface area contributed by atoms with Gasteiger partial charge in [-0.25, -0.2) is 0 Å². The number of nitrogens with one attached hydrogen (secondary N) is 1. The highest BCUT2D eigenvalue weighted by atomic mass is 16.5. The van der Waals surface area contributed by atoms with Crippen molar-refractivity contribution in [2.24, 2.45) is 0 Å². The van der Waals surface area contributed by atoms with Gasteiger partial charge in [-0.15, -0.1) is 0 Å². The molecule has 0 aliphatic carbocycles. The Balaban J connectivity index is 3.79. The topological polar surface area (TPSA) is 61.7 Å². The van der Waals surface area contributed by atoms with Crippen LogP contribution in [-0.2, 0) is 4.74 Å². The molecule has 4 nitrogen and oxygen atoms in total. The molecule has 0 saturated carbocycles. The van der Waals surface area contributed by atoms with E-state index in [9.17, 15) is 10.2 Å². The molecule has 0 amide bonds. The minimum absolute atomic E-state index is 0.0146. The highest BCUT2D eigenvalue weighted by Crippen LogP contribution is 2.12. The fourth-order valence-electron chi connectivity index (χ4n) is 2.20. The molecule has 0 rings (SSSR count). The Morgan fingerprint density at radius 1 is 1.11 bits per heavy atom. The summed E-state index contributed by atoms with van der Waals surface area (Å²) in [5, 5.41) is 21.5. The van der Waals surface area contributed by atoms with E-state index < -0.39 is 6.23 Å². The first-order chi connectivity index (χ1) is 8.65. The van der Waals surface area contributed by atoms with Crippen LogP contribution in [0.25, 0.3) is 0 Å². The molecule has 0 aliphatic heterocycles. The highest BCUT2D eigenvalue weighted by Gasteiger charge is 2.20. The van der Waals surface area contributed by atoms with Crippen molar-refractivity contribution in [3.05, 3.63) is 0 Å². The summed E-state index contributed by atoms with van der Waals surface area (Å²) in [6.45, 7) is 3.86. The number of aliphatic hydroxyl groups is 2. The van der Waals surface area contributed by atoms with Gasteiger partial charge in [-0.1, -0.05) is 45.4 Å². The maximum absolute atomic E-state index is 9.30. The molecule has 0 saturated heterocycles. The van der Waals surface area contributed by atoms with E-state index in [0.29, 0.717) is 0 Å². The fourth-order valence-corrected chi connectivity index (χ4v) is 2.20. The highest BCUT2D eigenvalue weighted by molar-refractivity contribution is 4.76. The zero-order valence-corrected chi connectivity index (χ0v) is 12.2. The Hall–Kier alpha value is -0.160. The van der Waals surface area contributed by atoms with Gasteiger partial charge in [-0.3, -0.25) is 5.32 Å². The number of methoxy groups -OCH3 is 1. The molecule has 110 valence electrons. The molecule has 0 heterocycles. The predicted octanol–water partition coefficient (Wildman–Crippen LogP) is 2.04. The van der Waals surface area contributed by atoms with Crippen LogP contribution in [0.5, 0.6) is 0 Å². The lowest BCUT2D eigenvalue weighted by atomic mass is 10.0. The number of hydrogen-bond acceptors (Lipinski definition) is 4. The van der Waals surface area contributed by atoms with Crippen molar-refractivity contribution in [3.63, 3.8) is 0 Å². The monoisotopic (exact) mass is 261 g/mol. The molecule has 3 N–H and O–H groups in total. The van der Waals surface area contributed by atoms with Gasteiger partial charge >= 0.3 is 0 Å². The van der Waals surface area contributed by atoms with E-state index in [0.717, 1.165) is 12.8 Å². The van der Waals surface area contributed by atoms with Gasteiger partial charge < -0.3 is 14.9 Å². The Morgan fingerprint density at radius 2 is 1.72 bits per heavy atom. The maximum atomic E-state index is 9.30. The Morgan fingerprint density at radius 3 is 2.22 bits per heavy atom. The van der Waals surface area contributed by atoms with E-state index in [4.69, 9.17) is 4.74 Å². The van der Waals surface area contributed by atoms with E-state index in [1.54, 1.807) is 14.0 Å². The predicted molar refractivity (Wildman–Crippen MR) is 74.5 cm³/mol. The molecule has 4 heteroatoms. The zero-order valence-electron chi connectivity index (χ0n) is 12.2. The largest absolute Gasteiger partial charge is 0.395 e. The summed E-state index contributed by atoms with van der Waals surface area (Å²) >= 11 is 0. The molecule has 1 unspecified atom stereocenters. The SMILES string of the molecule is CCCCCCCC[C@@H](OC)[C@H](CO)NC(C)O. The van der Waals surface area contributed by atoms with Crippen LogP contribution in [0.3, 0.4) is 0 Å². The number of hydrogen-bond donors (Lipinski definition) is 3. The van der Waals surface area contributed by atoms with Crippen LogP contribution in [0.4, 0.5) is 0 Å². The number of aliphatic hydroxyl groups excluding tert-OH is 2. The number of ether oxygens (including phenoxy) is 1. The van der Waals surface area contributed by atoms with E-state index >= 15 is 0 Å². The molecule has 0 bridgehead atoms. The van der Waals surface area contributed by atoms with Gasteiger partial charge in [-0.2, -0.15) is 0 Å². The molecule has 0 aliphatic rings. The number of unbranched alkanes of at least 4 members (excludes halogenated alkanes) is 5. The van der Waals surface area contributed by atoms with Gasteiger partial charge in [0.1, 0.15) is 6.23 Å². The second-order valence-corrected chi connectivity index (χ2v) is 4.96. The Kier molecular flexibility index (Phi) is 11.8. The molecule has 18 heavy (non-hydrogen) atoms. The van der Waals surface area contributed by atoms with Crippen LogP contribution in [-0.4, -0.2) is 42.3 Å². The van der Waals surface area contributed by atoms with Crippen LogP contribution >= 0.6 is 0 Å². The minimum atomic E-state index is -0.621. The molecular weight excluding hydrogens is 230 g/mol. The van der Waals surface area contributed by atoms with Crippen molar-refractivity contribution in [2.45, 2.75) is 77.2 Å². The van der Waals surface area contributed by atoms with Crippen molar-refractivity contribution in [3.8, 4) is 0 Å². The van der Waals surface area contributed by atoms with E-state index in [1.807, 2.05) is 0 Å². The smallest absolute Gasteiger partial charge is 0.102 e. The average Bonchev–Trinajstić information content (AvgIpc) is 2.35. The summed E-state index contributed by atoms with van der Waals surface area (Å²) in [5.74, 6) is 0. The molecule has 0 spiro atoms. The summed E-state index contributed by atoms with van der Waals surface area (Å²) in [5.41, 5.74) is 0. The summed E-state index contributed by atoms with van der Waals surface area (Å²) in [4.78, 5) is 0. The standard InChI is InChI=1S/C14H31NO3/c1-4-5-6-7-8-9-10-14(18-3)13(11-16)15-12(2)17/h12-17H,4-11H2,1-3H3/t12?,13-,14+/m0/s1. The molecule has 3 atom stereocenters. The van der Waals surface area contributed by atoms with E-state index in [-0.39, 0.29) is 18.8 Å². The van der Waals surface area contributed by atoms with Gasteiger partial charge in [0.25, 0.3) is 0 Å². The normalized spacial score (nSPS) is 16.5. The summed E-state index contributed by atoms with van der Waals surface area (Å²) < 4.78 is 5.40. The van der Waals surface area contributed by atoms with Gasteiger partial charge in [0, 0.05) is 7.11 Å². The first-order valence-corrected chi connectivity index (χ1v) is 7.23. The third-order valence-electron chi connectivity index (χ3n) is 3.25. The molecular formula is C14H31NO3. The van der Waals surface area contributed by atoms with Crippen LogP contribution in [0.1, 0.15) is 58.8 Å². The van der Waals surface area contributed by atoms with Crippen LogP contribution in [0, 0.1) is 0 Å². The minimum Gasteiger partial charge on any atom is -0.395 e. The second-order valence-electron chi connectivity index (χ2n) is 4.96. The summed E-state index contributed by atoms with van der Waals surface area (Å²) in [7, 11) is 1.66. The van der Waals surface area contributed by atoms with Gasteiger partial charge in [0.2, 0.25) is 0 Å². The second kappa shape index (κ2) is 11.9. The lowest BCUT2D eigenvalue weighted by Gasteiger charge is -2.26. The van der Waals surface area contributed by atoms with Crippen molar-refractivity contribution < 1.29 is 14.9 Å². The van der Waals surface area contributed by atoms with Crippen molar-refractivity contribution in [2.75, 3.05) is 13.7 Å². The molecule has 0 aromatic rings. The van der Waals surface area contributed by atoms with Crippen molar-refractivity contribution >= 4 is 0 Å². The van der Waals surface area contributed by atoms with Gasteiger partial charge in [-0.05, 0) is 13.3 Å². The average molecular weight is 261 g/mol. The molecule has 0 aromatic heterocycles. The van der Waals surface area contributed by atoms with Gasteiger partial charge in [0.05, 0.1) is 18.8 Å². The van der Waals surface area contributed by atoms with Crippen molar-refractivity contribution in [1.29, 1.82) is 0 Å². The van der Waals surface area contributed by atoms with Crippen LogP contribution < -0.4 is 5.32 Å². The third-order valence-corrected chi connectivity index (χ3v) is 3.25. The van der Waals surface area contributed by atoms with Crippen LogP contribution in [0.15, 0.2) is 0 Å². The molecule has 0 fully saturated rings. The molecule has 0 aromatic carbocycles. The Labute approximate surface area is 112 Å².